The molecule has 0 amide bonds. The van der Waals surface area contributed by atoms with Crippen LogP contribution in [0.1, 0.15) is 119 Å². The molecule has 4 rings (SSSR count). The Hall–Kier alpha value is -0.123. The molecule has 0 heterocycles. The van der Waals surface area contributed by atoms with E-state index < -0.39 is 9.04 Å². The van der Waals surface area contributed by atoms with Gasteiger partial charge in [-0.3, -0.25) is 0 Å². The number of hydrogen-bond donors (Lipinski definition) is 1. The Kier molecular flexibility index (Phi) is 8.47. The topological polar surface area (TPSA) is 29.5 Å². The highest BCUT2D eigenvalue weighted by atomic mass is 28.3. The van der Waals surface area contributed by atoms with Crippen LogP contribution in [-0.2, 0) is 4.43 Å². The average molecular weight is 489 g/mol. The van der Waals surface area contributed by atoms with Gasteiger partial charge in [0, 0.05) is 12.7 Å². The van der Waals surface area contributed by atoms with Crippen LogP contribution in [0.2, 0.25) is 10.6 Å². The monoisotopic (exact) mass is 488 g/mol. The van der Waals surface area contributed by atoms with Crippen molar-refractivity contribution in [2.75, 3.05) is 6.61 Å². The van der Waals surface area contributed by atoms with Gasteiger partial charge >= 0.3 is 0 Å². The predicted molar refractivity (Wildman–Crippen MR) is 148 cm³/mol. The third-order valence-electron chi connectivity index (χ3n) is 11.0. The maximum atomic E-state index is 9.21. The molecule has 0 saturated heterocycles. The quantitative estimate of drug-likeness (QED) is 0.211. The molecule has 196 valence electrons. The molecule has 0 aromatic carbocycles. The van der Waals surface area contributed by atoms with Crippen LogP contribution >= 0.6 is 0 Å². The van der Waals surface area contributed by atoms with E-state index in [2.05, 4.69) is 54.5 Å². The van der Waals surface area contributed by atoms with Gasteiger partial charge in [0.25, 0.3) is 0 Å². The summed E-state index contributed by atoms with van der Waals surface area (Å²) in [4.78, 5) is 0. The number of aliphatic hydroxyl groups is 1. The zero-order valence-electron chi connectivity index (χ0n) is 23.6. The third-order valence-corrected chi connectivity index (χ3v) is 14.6. The van der Waals surface area contributed by atoms with Gasteiger partial charge in [-0.1, -0.05) is 73.0 Å². The van der Waals surface area contributed by atoms with Crippen molar-refractivity contribution in [1.29, 1.82) is 0 Å². The van der Waals surface area contributed by atoms with Crippen LogP contribution in [0.5, 0.6) is 0 Å². The van der Waals surface area contributed by atoms with Gasteiger partial charge in [0.1, 0.15) is 0 Å². The van der Waals surface area contributed by atoms with Gasteiger partial charge in [0.2, 0.25) is 0 Å². The lowest BCUT2D eigenvalue weighted by Gasteiger charge is -2.54. The largest absolute Gasteiger partial charge is 0.416 e. The minimum absolute atomic E-state index is 0.346. The Labute approximate surface area is 213 Å². The van der Waals surface area contributed by atoms with Crippen LogP contribution in [-0.4, -0.2) is 26.9 Å². The second-order valence-corrected chi connectivity index (χ2v) is 18.7. The first-order chi connectivity index (χ1) is 16.1. The summed E-state index contributed by atoms with van der Waals surface area (Å²) in [5.74, 6) is 5.42. The van der Waals surface area contributed by atoms with Gasteiger partial charge in [0.15, 0.2) is 9.04 Å². The van der Waals surface area contributed by atoms with Gasteiger partial charge in [-0.25, -0.2) is 0 Å². The van der Waals surface area contributed by atoms with E-state index in [0.29, 0.717) is 28.7 Å². The van der Waals surface area contributed by atoms with Crippen molar-refractivity contribution < 1.29 is 9.53 Å². The Balaban J connectivity index is 1.41. The lowest BCUT2D eigenvalue weighted by atomic mass is 9.51. The summed E-state index contributed by atoms with van der Waals surface area (Å²) in [6, 6.07) is 0. The molecule has 3 heteroatoms. The van der Waals surface area contributed by atoms with Gasteiger partial charge in [0.05, 0.1) is 0 Å². The summed E-state index contributed by atoms with van der Waals surface area (Å²) in [6.07, 6.45) is 17.8. The fraction of sp³-hybridized carbons (Fsp3) is 0.935. The normalized spacial score (nSPS) is 39.7. The van der Waals surface area contributed by atoms with Crippen LogP contribution in [0, 0.1) is 40.9 Å². The Morgan fingerprint density at radius 3 is 2.50 bits per heavy atom. The van der Waals surface area contributed by atoms with E-state index in [4.69, 9.17) is 4.43 Å². The first-order valence-corrected chi connectivity index (χ1v) is 16.7. The van der Waals surface area contributed by atoms with Gasteiger partial charge in [-0.2, -0.15) is 0 Å². The van der Waals surface area contributed by atoms with Crippen molar-refractivity contribution in [3.63, 3.8) is 0 Å². The average Bonchev–Trinajstić information content (AvgIpc) is 3.13. The van der Waals surface area contributed by atoms with Crippen LogP contribution in [0.3, 0.4) is 0 Å². The highest BCUT2D eigenvalue weighted by molar-refractivity contribution is 6.56. The molecule has 0 aromatic heterocycles. The lowest BCUT2D eigenvalue weighted by Crippen LogP contribution is -2.47. The molecular formula is C31H56O2Si. The Morgan fingerprint density at radius 2 is 1.82 bits per heavy atom. The van der Waals surface area contributed by atoms with E-state index >= 15 is 0 Å². The molecule has 3 fully saturated rings. The maximum absolute atomic E-state index is 9.21. The first-order valence-electron chi connectivity index (χ1n) is 15.0. The Bertz CT molecular complexity index is 709. The Morgan fingerprint density at radius 1 is 1.06 bits per heavy atom. The molecule has 4 aliphatic rings. The van der Waals surface area contributed by atoms with Crippen molar-refractivity contribution >= 4 is 9.04 Å². The smallest absolute Gasteiger partial charge is 0.185 e. The second-order valence-electron chi connectivity index (χ2n) is 14.6. The molecule has 0 radical (unpaired) electrons. The van der Waals surface area contributed by atoms with E-state index in [1.54, 1.807) is 5.57 Å². The van der Waals surface area contributed by atoms with Crippen molar-refractivity contribution in [2.24, 2.45) is 40.9 Å². The molecule has 2 nitrogen and oxygen atoms in total. The van der Waals surface area contributed by atoms with Crippen molar-refractivity contribution in [3.05, 3.63) is 11.6 Å². The summed E-state index contributed by atoms with van der Waals surface area (Å²) in [5.41, 5.74) is 3.06. The first kappa shape index (κ1) is 26.9. The molecule has 9 atom stereocenters. The number of allylic oxidation sites excluding steroid dienone is 1. The van der Waals surface area contributed by atoms with Crippen molar-refractivity contribution in [1.82, 2.24) is 0 Å². The minimum atomic E-state index is -1.24. The molecule has 3 saturated carbocycles. The summed E-state index contributed by atoms with van der Waals surface area (Å²) in [6.45, 7) is 17.6. The molecule has 2 unspecified atom stereocenters. The molecule has 0 bridgehead atoms. The SMILES string of the molecule is CC(C)[SiH](O[C@H]1CCC2C(=CC[C@@H]3[C@@H]2CC[C@]2(C)[C@@H]([C@H](C)CCCCO)CC[C@@H]32)C1)C(C)(C)C. The van der Waals surface area contributed by atoms with Gasteiger partial charge in [-0.15, -0.1) is 0 Å². The van der Waals surface area contributed by atoms with Crippen LogP contribution < -0.4 is 0 Å². The number of hydrogen-bond acceptors (Lipinski definition) is 2. The van der Waals surface area contributed by atoms with E-state index in [-0.39, 0.29) is 0 Å². The van der Waals surface area contributed by atoms with Gasteiger partial charge in [-0.05, 0) is 109 Å². The van der Waals surface area contributed by atoms with Crippen LogP contribution in [0.4, 0.5) is 0 Å². The summed E-state index contributed by atoms with van der Waals surface area (Å²) < 4.78 is 6.95. The predicted octanol–water partition coefficient (Wildman–Crippen LogP) is 8.29. The molecular weight excluding hydrogens is 432 g/mol. The highest BCUT2D eigenvalue weighted by Gasteiger charge is 2.56. The fourth-order valence-electron chi connectivity index (χ4n) is 9.67. The summed E-state index contributed by atoms with van der Waals surface area (Å²) >= 11 is 0. The van der Waals surface area contributed by atoms with Crippen LogP contribution in [0.15, 0.2) is 11.6 Å². The molecule has 0 aliphatic heterocycles. The van der Waals surface area contributed by atoms with Gasteiger partial charge < -0.3 is 9.53 Å². The molecule has 4 aliphatic carbocycles. The highest BCUT2D eigenvalue weighted by Crippen LogP contribution is 2.64. The maximum Gasteiger partial charge on any atom is 0.185 e. The summed E-state index contributed by atoms with van der Waals surface area (Å²) in [7, 11) is -1.24. The molecule has 34 heavy (non-hydrogen) atoms. The zero-order valence-corrected chi connectivity index (χ0v) is 24.8. The fourth-order valence-corrected chi connectivity index (χ4v) is 13.0. The number of rotatable bonds is 8. The number of aliphatic hydroxyl groups excluding tert-OH is 1. The van der Waals surface area contributed by atoms with E-state index in [1.807, 2.05) is 0 Å². The van der Waals surface area contributed by atoms with E-state index in [9.17, 15) is 5.11 Å². The minimum Gasteiger partial charge on any atom is -0.416 e. The van der Waals surface area contributed by atoms with Crippen molar-refractivity contribution in [2.45, 2.75) is 136 Å². The second kappa shape index (κ2) is 10.7. The van der Waals surface area contributed by atoms with E-state index in [1.165, 1.54) is 64.2 Å². The number of unbranched alkanes of at least 4 members (excludes halogenated alkanes) is 1. The third kappa shape index (κ3) is 5.28. The van der Waals surface area contributed by atoms with E-state index in [0.717, 1.165) is 41.9 Å². The lowest BCUT2D eigenvalue weighted by molar-refractivity contribution is -0.0288. The standard InChI is InChI=1S/C31H56O2Si/c1-21(2)34(30(4,5)6)33-24-12-14-25-23(20-24)11-13-27-26(25)17-18-31(7)28(15-16-29(27)31)22(3)10-8-9-19-32/h11,21-22,24-29,32,34H,8-10,12-20H2,1-7H3/t22-,24+,25?,26-,27-,28-,29+,31-,34?/m1/s1. The molecule has 0 aromatic rings. The number of fused-ring (bicyclic) bond motifs is 5. The molecule has 0 spiro atoms. The summed E-state index contributed by atoms with van der Waals surface area (Å²) in [5, 5.41) is 9.56. The van der Waals surface area contributed by atoms with Crippen molar-refractivity contribution in [3.8, 4) is 0 Å². The molecule has 1 N–H and O–H groups in total. The van der Waals surface area contributed by atoms with Crippen LogP contribution in [0.25, 0.3) is 0 Å². The zero-order chi connectivity index (χ0) is 24.7.